The van der Waals surface area contributed by atoms with Crippen molar-refractivity contribution >= 4 is 17.3 Å². The Balaban J connectivity index is 1.58. The zero-order valence-electron chi connectivity index (χ0n) is 14.5. The smallest absolute Gasteiger partial charge is 0.193 e. The predicted molar refractivity (Wildman–Crippen MR) is 99.5 cm³/mol. The molecule has 5 heteroatoms. The Morgan fingerprint density at radius 3 is 2.91 bits per heavy atom. The van der Waals surface area contributed by atoms with Crippen molar-refractivity contribution in [3.8, 4) is 0 Å². The van der Waals surface area contributed by atoms with Gasteiger partial charge in [0.05, 0.1) is 6.54 Å². The Morgan fingerprint density at radius 2 is 2.22 bits per heavy atom. The van der Waals surface area contributed by atoms with Crippen LogP contribution >= 0.6 is 11.3 Å². The van der Waals surface area contributed by atoms with Crippen LogP contribution < -0.4 is 5.32 Å². The van der Waals surface area contributed by atoms with Crippen LogP contribution in [0.3, 0.4) is 0 Å². The first-order valence-electron chi connectivity index (χ1n) is 9.08. The van der Waals surface area contributed by atoms with Crippen molar-refractivity contribution in [2.24, 2.45) is 4.99 Å². The number of hydrogen-bond acceptors (Lipinski definition) is 3. The monoisotopic (exact) mass is 334 g/mol. The van der Waals surface area contributed by atoms with E-state index < -0.39 is 0 Å². The topological polar surface area (TPSA) is 30.9 Å². The fourth-order valence-corrected chi connectivity index (χ4v) is 4.43. The lowest BCUT2D eigenvalue weighted by Gasteiger charge is -2.25. The third kappa shape index (κ3) is 4.27. The number of nitrogens with one attached hydrogen (secondary N) is 1. The van der Waals surface area contributed by atoms with Gasteiger partial charge in [-0.2, -0.15) is 0 Å². The summed E-state index contributed by atoms with van der Waals surface area (Å²) in [6, 6.07) is 5.08. The van der Waals surface area contributed by atoms with Crippen LogP contribution in [0.25, 0.3) is 0 Å². The Labute approximate surface area is 144 Å². The summed E-state index contributed by atoms with van der Waals surface area (Å²) in [6.07, 6.45) is 4.04. The van der Waals surface area contributed by atoms with E-state index in [2.05, 4.69) is 46.5 Å². The lowest BCUT2D eigenvalue weighted by Crippen LogP contribution is -2.42. The molecule has 2 atom stereocenters. The third-order valence-corrected chi connectivity index (χ3v) is 6.10. The normalized spacial score (nSPS) is 24.3. The molecule has 3 heterocycles. The number of thiophene rings is 1. The van der Waals surface area contributed by atoms with E-state index in [9.17, 15) is 0 Å². The number of hydrogen-bond donors (Lipinski definition) is 1. The predicted octanol–water partition coefficient (Wildman–Crippen LogP) is 2.99. The fraction of sp³-hybridized carbons (Fsp3) is 0.722. The quantitative estimate of drug-likeness (QED) is 0.663. The van der Waals surface area contributed by atoms with Gasteiger partial charge in [0.1, 0.15) is 0 Å². The molecule has 2 aliphatic heterocycles. The van der Waals surface area contributed by atoms with E-state index in [1.54, 1.807) is 0 Å². The van der Waals surface area contributed by atoms with Gasteiger partial charge < -0.3 is 10.2 Å². The van der Waals surface area contributed by atoms with E-state index in [0.717, 1.165) is 38.2 Å². The van der Waals surface area contributed by atoms with Gasteiger partial charge in [-0.05, 0) is 50.7 Å². The molecule has 0 amide bonds. The number of nitrogens with zero attached hydrogens (tertiary/aromatic N) is 3. The summed E-state index contributed by atoms with van der Waals surface area (Å²) >= 11 is 1.84. The molecule has 23 heavy (non-hydrogen) atoms. The summed E-state index contributed by atoms with van der Waals surface area (Å²) in [5.41, 5.74) is 0. The molecule has 2 saturated heterocycles. The molecule has 2 fully saturated rings. The minimum Gasteiger partial charge on any atom is -0.357 e. The van der Waals surface area contributed by atoms with Gasteiger partial charge >= 0.3 is 0 Å². The third-order valence-electron chi connectivity index (χ3n) is 5.00. The van der Waals surface area contributed by atoms with E-state index in [1.165, 1.54) is 37.2 Å². The first-order valence-corrected chi connectivity index (χ1v) is 9.96. The zero-order valence-corrected chi connectivity index (χ0v) is 15.3. The molecule has 0 bridgehead atoms. The minimum absolute atomic E-state index is 0.501. The van der Waals surface area contributed by atoms with E-state index in [4.69, 9.17) is 4.99 Å². The summed E-state index contributed by atoms with van der Waals surface area (Å²) in [7, 11) is 0. The first-order chi connectivity index (χ1) is 11.3. The first kappa shape index (κ1) is 16.8. The van der Waals surface area contributed by atoms with Crippen molar-refractivity contribution in [3.63, 3.8) is 0 Å². The van der Waals surface area contributed by atoms with E-state index in [1.807, 2.05) is 11.3 Å². The van der Waals surface area contributed by atoms with Crippen LogP contribution in [0.1, 0.15) is 43.9 Å². The van der Waals surface area contributed by atoms with Gasteiger partial charge in [0.2, 0.25) is 0 Å². The molecule has 2 unspecified atom stereocenters. The van der Waals surface area contributed by atoms with Crippen LogP contribution in [0.15, 0.2) is 22.5 Å². The number of likely N-dealkylation sites (tertiary alicyclic amines) is 2. The highest BCUT2D eigenvalue weighted by atomic mass is 32.1. The van der Waals surface area contributed by atoms with Crippen LogP contribution in [0.5, 0.6) is 0 Å². The van der Waals surface area contributed by atoms with Gasteiger partial charge in [-0.1, -0.05) is 13.0 Å². The number of aliphatic imine (C=N–C) groups is 1. The molecule has 0 aromatic carbocycles. The fourth-order valence-electron chi connectivity index (χ4n) is 3.65. The summed E-state index contributed by atoms with van der Waals surface area (Å²) in [5, 5.41) is 5.65. The summed E-state index contributed by atoms with van der Waals surface area (Å²) < 4.78 is 0. The molecule has 0 saturated carbocycles. The zero-order chi connectivity index (χ0) is 16.1. The Hall–Kier alpha value is -1.07. The Bertz CT molecular complexity index is 493. The molecular formula is C18H30N4S. The average molecular weight is 335 g/mol. The van der Waals surface area contributed by atoms with Crippen LogP contribution in [0.4, 0.5) is 0 Å². The van der Waals surface area contributed by atoms with Gasteiger partial charge in [0.15, 0.2) is 5.96 Å². The highest BCUT2D eigenvalue weighted by Gasteiger charge is 2.30. The molecule has 0 radical (unpaired) electrons. The Morgan fingerprint density at radius 1 is 1.39 bits per heavy atom. The van der Waals surface area contributed by atoms with Crippen molar-refractivity contribution in [1.82, 2.24) is 15.1 Å². The molecule has 4 nitrogen and oxygen atoms in total. The Kier molecular flexibility index (Phi) is 5.95. The van der Waals surface area contributed by atoms with E-state index in [0.29, 0.717) is 5.92 Å². The maximum absolute atomic E-state index is 4.93. The second kappa shape index (κ2) is 8.15. The van der Waals surface area contributed by atoms with Gasteiger partial charge in [-0.25, -0.2) is 0 Å². The van der Waals surface area contributed by atoms with Gasteiger partial charge in [-0.15, -0.1) is 11.3 Å². The summed E-state index contributed by atoms with van der Waals surface area (Å²) in [4.78, 5) is 11.5. The second-order valence-electron chi connectivity index (χ2n) is 6.74. The molecule has 128 valence electrons. The molecule has 2 aliphatic rings. The average Bonchev–Trinajstić information content (AvgIpc) is 3.32. The van der Waals surface area contributed by atoms with E-state index >= 15 is 0 Å². The summed E-state index contributed by atoms with van der Waals surface area (Å²) in [6.45, 7) is 11.1. The van der Waals surface area contributed by atoms with Crippen molar-refractivity contribution in [2.75, 3.05) is 39.3 Å². The highest BCUT2D eigenvalue weighted by Crippen LogP contribution is 2.22. The minimum atomic E-state index is 0.501. The second-order valence-corrected chi connectivity index (χ2v) is 7.72. The SMILES string of the molecule is CCNC(=NCC(C)c1cccs1)N1CCC(N2CCCC2)C1. The largest absolute Gasteiger partial charge is 0.357 e. The maximum atomic E-state index is 4.93. The van der Waals surface area contributed by atoms with Crippen LogP contribution in [0, 0.1) is 0 Å². The molecule has 1 N–H and O–H groups in total. The highest BCUT2D eigenvalue weighted by molar-refractivity contribution is 7.10. The molecular weight excluding hydrogens is 304 g/mol. The van der Waals surface area contributed by atoms with Crippen LogP contribution in [-0.4, -0.2) is 61.1 Å². The lowest BCUT2D eigenvalue weighted by molar-refractivity contribution is 0.249. The molecule has 0 aliphatic carbocycles. The number of rotatable bonds is 5. The van der Waals surface area contributed by atoms with Crippen LogP contribution in [0.2, 0.25) is 0 Å². The standard InChI is InChI=1S/C18H30N4S/c1-3-19-18(20-13-15(2)17-7-6-12-23-17)22-11-8-16(14-22)21-9-4-5-10-21/h6-7,12,15-16H,3-5,8-11,13-14H2,1-2H3,(H,19,20). The van der Waals surface area contributed by atoms with Crippen molar-refractivity contribution in [3.05, 3.63) is 22.4 Å². The van der Waals surface area contributed by atoms with Crippen molar-refractivity contribution in [2.45, 2.75) is 45.1 Å². The van der Waals surface area contributed by atoms with Gasteiger partial charge in [0.25, 0.3) is 0 Å². The molecule has 1 aromatic rings. The molecule has 1 aromatic heterocycles. The molecule has 3 rings (SSSR count). The number of guanidine groups is 1. The van der Waals surface area contributed by atoms with Crippen LogP contribution in [-0.2, 0) is 0 Å². The van der Waals surface area contributed by atoms with Gasteiger partial charge in [0, 0.05) is 36.5 Å². The lowest BCUT2D eigenvalue weighted by atomic mass is 10.1. The summed E-state index contributed by atoms with van der Waals surface area (Å²) in [5.74, 6) is 1.61. The molecule has 0 spiro atoms. The van der Waals surface area contributed by atoms with Gasteiger partial charge in [-0.3, -0.25) is 9.89 Å². The maximum Gasteiger partial charge on any atom is 0.193 e. The van der Waals surface area contributed by atoms with Crippen molar-refractivity contribution in [1.29, 1.82) is 0 Å². The van der Waals surface area contributed by atoms with E-state index in [-0.39, 0.29) is 0 Å². The van der Waals surface area contributed by atoms with Crippen molar-refractivity contribution < 1.29 is 0 Å².